The van der Waals surface area contributed by atoms with E-state index in [4.69, 9.17) is 0 Å². The lowest BCUT2D eigenvalue weighted by Gasteiger charge is -2.51. The Hall–Kier alpha value is -0.650. The molecule has 0 aromatic rings. The fraction of sp³-hybridized carbons (Fsp3) is 0.938. The molecule has 2 atom stereocenters. The number of nitrogens with one attached hydrogen (secondary N) is 1. The van der Waals surface area contributed by atoms with Crippen LogP contribution in [0.5, 0.6) is 0 Å². The van der Waals surface area contributed by atoms with Crippen molar-refractivity contribution in [1.82, 2.24) is 15.1 Å². The van der Waals surface area contributed by atoms with E-state index in [0.29, 0.717) is 18.0 Å². The molecule has 2 fully saturated rings. The van der Waals surface area contributed by atoms with Crippen molar-refractivity contribution in [2.24, 2.45) is 0 Å². The summed E-state index contributed by atoms with van der Waals surface area (Å²) in [5.74, 6) is -0.700. The summed E-state index contributed by atoms with van der Waals surface area (Å²) in [7, 11) is 8.29. The predicted molar refractivity (Wildman–Crippen MR) is 84.6 cm³/mol. The lowest BCUT2D eigenvalue weighted by atomic mass is 9.74. The summed E-state index contributed by atoms with van der Waals surface area (Å²) in [4.78, 5) is 16.4. The lowest BCUT2D eigenvalue weighted by molar-refractivity contribution is -0.147. The molecular weight excluding hydrogens is 266 g/mol. The standard InChI is InChI=1S/C16H31N3O2/c1-17-16(14(20)21)10-5-7-13(11-16)19(4)12-15(18(2)3)8-6-9-15/h13,17H,5-12H2,1-4H3,(H,20,21). The normalized spacial score (nSPS) is 32.2. The molecule has 21 heavy (non-hydrogen) atoms. The van der Waals surface area contributed by atoms with Crippen molar-refractivity contribution in [3.63, 3.8) is 0 Å². The van der Waals surface area contributed by atoms with E-state index < -0.39 is 11.5 Å². The van der Waals surface area contributed by atoms with Gasteiger partial charge < -0.3 is 20.2 Å². The van der Waals surface area contributed by atoms with Crippen LogP contribution >= 0.6 is 0 Å². The van der Waals surface area contributed by atoms with Crippen molar-refractivity contribution in [2.45, 2.75) is 62.1 Å². The van der Waals surface area contributed by atoms with Crippen LogP contribution in [0.4, 0.5) is 0 Å². The second kappa shape index (κ2) is 6.23. The Balaban J connectivity index is 2.02. The van der Waals surface area contributed by atoms with Gasteiger partial charge in [0.1, 0.15) is 5.54 Å². The fourth-order valence-electron chi connectivity index (χ4n) is 4.08. The summed E-state index contributed by atoms with van der Waals surface area (Å²) in [5, 5.41) is 12.7. The Kier molecular flexibility index (Phi) is 4.96. The molecule has 5 heteroatoms. The quantitative estimate of drug-likeness (QED) is 0.776. The minimum Gasteiger partial charge on any atom is -0.480 e. The monoisotopic (exact) mass is 297 g/mol. The van der Waals surface area contributed by atoms with Crippen molar-refractivity contribution in [1.29, 1.82) is 0 Å². The first-order valence-corrected chi connectivity index (χ1v) is 8.15. The highest BCUT2D eigenvalue weighted by atomic mass is 16.4. The van der Waals surface area contributed by atoms with E-state index >= 15 is 0 Å². The number of carboxylic acid groups (broad SMARTS) is 1. The van der Waals surface area contributed by atoms with Crippen LogP contribution in [0, 0.1) is 0 Å². The third kappa shape index (κ3) is 3.10. The highest BCUT2D eigenvalue weighted by Crippen LogP contribution is 2.38. The molecule has 0 radical (unpaired) electrons. The van der Waals surface area contributed by atoms with E-state index in [0.717, 1.165) is 25.8 Å². The Morgan fingerprint density at radius 3 is 2.33 bits per heavy atom. The van der Waals surface area contributed by atoms with Crippen molar-refractivity contribution in [2.75, 3.05) is 34.7 Å². The molecule has 0 amide bonds. The average Bonchev–Trinajstić information content (AvgIpc) is 2.41. The second-order valence-corrected chi connectivity index (χ2v) is 7.27. The van der Waals surface area contributed by atoms with Gasteiger partial charge in [-0.25, -0.2) is 0 Å². The van der Waals surface area contributed by atoms with Crippen LogP contribution in [0.25, 0.3) is 0 Å². The van der Waals surface area contributed by atoms with Crippen LogP contribution in [0.3, 0.4) is 0 Å². The van der Waals surface area contributed by atoms with Gasteiger partial charge in [0.2, 0.25) is 0 Å². The Bertz CT molecular complexity index is 382. The van der Waals surface area contributed by atoms with Gasteiger partial charge in [0.15, 0.2) is 0 Å². The van der Waals surface area contributed by atoms with Crippen molar-refractivity contribution < 1.29 is 9.90 Å². The van der Waals surface area contributed by atoms with E-state index in [1.807, 2.05) is 0 Å². The smallest absolute Gasteiger partial charge is 0.323 e. The largest absolute Gasteiger partial charge is 0.480 e. The predicted octanol–water partition coefficient (Wildman–Crippen LogP) is 1.39. The van der Waals surface area contributed by atoms with Gasteiger partial charge in [-0.2, -0.15) is 0 Å². The summed E-state index contributed by atoms with van der Waals surface area (Å²) >= 11 is 0. The zero-order valence-electron chi connectivity index (χ0n) is 14.0. The molecule has 5 nitrogen and oxygen atoms in total. The Morgan fingerprint density at radius 2 is 1.90 bits per heavy atom. The molecule has 2 aliphatic rings. The number of hydrogen-bond acceptors (Lipinski definition) is 4. The molecule has 0 aromatic carbocycles. The van der Waals surface area contributed by atoms with Crippen LogP contribution in [0.2, 0.25) is 0 Å². The number of carbonyl (C=O) groups is 1. The zero-order chi connectivity index (χ0) is 15.7. The number of nitrogens with zero attached hydrogens (tertiary/aromatic N) is 2. The van der Waals surface area contributed by atoms with Gasteiger partial charge in [-0.3, -0.25) is 4.79 Å². The third-order valence-corrected chi connectivity index (χ3v) is 6.01. The summed E-state index contributed by atoms with van der Waals surface area (Å²) < 4.78 is 0. The molecule has 0 aromatic heterocycles. The number of likely N-dealkylation sites (N-methyl/N-ethyl adjacent to an activating group) is 3. The topological polar surface area (TPSA) is 55.8 Å². The first kappa shape index (κ1) is 16.7. The summed E-state index contributed by atoms with van der Waals surface area (Å²) in [6.45, 7) is 1.05. The molecule has 2 N–H and O–H groups in total. The number of hydrogen-bond donors (Lipinski definition) is 2. The molecule has 0 bridgehead atoms. The fourth-order valence-corrected chi connectivity index (χ4v) is 4.08. The second-order valence-electron chi connectivity index (χ2n) is 7.27. The lowest BCUT2D eigenvalue weighted by Crippen LogP contribution is -2.61. The van der Waals surface area contributed by atoms with E-state index in [-0.39, 0.29) is 0 Å². The SMILES string of the molecule is CNC1(C(=O)O)CCCC(N(C)CC2(N(C)C)CCC2)C1. The highest BCUT2D eigenvalue weighted by molar-refractivity contribution is 5.79. The molecule has 122 valence electrons. The molecule has 2 unspecified atom stereocenters. The first-order valence-electron chi connectivity index (χ1n) is 8.15. The van der Waals surface area contributed by atoms with Gasteiger partial charge in [-0.1, -0.05) is 0 Å². The summed E-state index contributed by atoms with van der Waals surface area (Å²) in [6.07, 6.45) is 7.36. The van der Waals surface area contributed by atoms with Crippen molar-refractivity contribution in [3.05, 3.63) is 0 Å². The molecule has 2 aliphatic carbocycles. The van der Waals surface area contributed by atoms with E-state index in [9.17, 15) is 9.90 Å². The maximum Gasteiger partial charge on any atom is 0.323 e. The van der Waals surface area contributed by atoms with Crippen molar-refractivity contribution in [3.8, 4) is 0 Å². The molecule has 0 heterocycles. The highest BCUT2D eigenvalue weighted by Gasteiger charge is 2.45. The van der Waals surface area contributed by atoms with E-state index in [1.165, 1.54) is 19.3 Å². The van der Waals surface area contributed by atoms with Gasteiger partial charge in [0.05, 0.1) is 0 Å². The van der Waals surface area contributed by atoms with Crippen LogP contribution in [0.15, 0.2) is 0 Å². The average molecular weight is 297 g/mol. The van der Waals surface area contributed by atoms with E-state index in [2.05, 4.69) is 36.3 Å². The summed E-state index contributed by atoms with van der Waals surface area (Å²) in [5.41, 5.74) is -0.431. The maximum atomic E-state index is 11.6. The van der Waals surface area contributed by atoms with Gasteiger partial charge in [0.25, 0.3) is 0 Å². The van der Waals surface area contributed by atoms with Gasteiger partial charge >= 0.3 is 5.97 Å². The minimum absolute atomic E-state index is 0.303. The van der Waals surface area contributed by atoms with Crippen LogP contribution in [-0.2, 0) is 4.79 Å². The minimum atomic E-state index is -0.734. The number of rotatable bonds is 6. The molecule has 2 rings (SSSR count). The van der Waals surface area contributed by atoms with Crippen LogP contribution in [0.1, 0.15) is 44.9 Å². The van der Waals surface area contributed by atoms with Gasteiger partial charge in [-0.15, -0.1) is 0 Å². The molecular formula is C16H31N3O2. The molecule has 2 saturated carbocycles. The van der Waals surface area contributed by atoms with Crippen LogP contribution < -0.4 is 5.32 Å². The van der Waals surface area contributed by atoms with Gasteiger partial charge in [0, 0.05) is 18.1 Å². The maximum absolute atomic E-state index is 11.6. The van der Waals surface area contributed by atoms with E-state index in [1.54, 1.807) is 7.05 Å². The van der Waals surface area contributed by atoms with Crippen LogP contribution in [-0.4, -0.2) is 72.7 Å². The molecule has 0 spiro atoms. The third-order valence-electron chi connectivity index (χ3n) is 6.01. The molecule has 0 saturated heterocycles. The Labute approximate surface area is 128 Å². The first-order chi connectivity index (χ1) is 9.85. The molecule has 0 aliphatic heterocycles. The number of carboxylic acids is 1. The van der Waals surface area contributed by atoms with Gasteiger partial charge in [-0.05, 0) is 73.1 Å². The Morgan fingerprint density at radius 1 is 1.24 bits per heavy atom. The number of aliphatic carboxylic acids is 1. The zero-order valence-corrected chi connectivity index (χ0v) is 14.0. The summed E-state index contributed by atoms with van der Waals surface area (Å²) in [6, 6.07) is 0.361. The van der Waals surface area contributed by atoms with Crippen molar-refractivity contribution >= 4 is 5.97 Å².